The topological polar surface area (TPSA) is 17.1 Å². The van der Waals surface area contributed by atoms with Crippen molar-refractivity contribution >= 4 is 11.9 Å². The highest BCUT2D eigenvalue weighted by Gasteiger charge is 2.32. The van der Waals surface area contributed by atoms with Crippen LogP contribution in [0.4, 0.5) is 13.2 Å². The Morgan fingerprint density at radius 1 is 1.00 bits per heavy atom. The summed E-state index contributed by atoms with van der Waals surface area (Å²) in [6.07, 6.45) is -2.06. The third kappa shape index (κ3) is 4.31. The largest absolute Gasteiger partial charge is 0.416 e. The summed E-state index contributed by atoms with van der Waals surface area (Å²) in [5.74, 6) is 0.0330. The Kier molecular flexibility index (Phi) is 5.04. The molecule has 0 bridgehead atoms. The molecule has 2 rings (SSSR count). The van der Waals surface area contributed by atoms with Gasteiger partial charge in [-0.1, -0.05) is 62.4 Å². The number of allylic oxidation sites excluding steroid dienone is 1. The van der Waals surface area contributed by atoms with Gasteiger partial charge in [0.2, 0.25) is 0 Å². The highest BCUT2D eigenvalue weighted by atomic mass is 19.4. The Labute approximate surface area is 133 Å². The monoisotopic (exact) mass is 318 g/mol. The molecule has 0 aliphatic heterocycles. The van der Waals surface area contributed by atoms with Crippen LogP contribution in [0.3, 0.4) is 0 Å². The lowest BCUT2D eigenvalue weighted by molar-refractivity contribution is -0.137. The molecular formula is C19H17F3O. The van der Waals surface area contributed by atoms with Crippen LogP contribution < -0.4 is 0 Å². The van der Waals surface area contributed by atoms with Gasteiger partial charge < -0.3 is 0 Å². The molecule has 0 radical (unpaired) electrons. The van der Waals surface area contributed by atoms with Crippen molar-refractivity contribution in [3.05, 3.63) is 76.9 Å². The van der Waals surface area contributed by atoms with Gasteiger partial charge in [-0.2, -0.15) is 13.2 Å². The highest BCUT2D eigenvalue weighted by Crippen LogP contribution is 2.32. The zero-order valence-electron chi connectivity index (χ0n) is 12.9. The van der Waals surface area contributed by atoms with Gasteiger partial charge in [-0.15, -0.1) is 0 Å². The zero-order valence-corrected chi connectivity index (χ0v) is 12.9. The van der Waals surface area contributed by atoms with Crippen molar-refractivity contribution in [1.82, 2.24) is 0 Å². The summed E-state index contributed by atoms with van der Waals surface area (Å²) in [5, 5.41) is 0. The minimum atomic E-state index is -4.44. The summed E-state index contributed by atoms with van der Waals surface area (Å²) in [6.45, 7) is 4.09. The van der Waals surface area contributed by atoms with Gasteiger partial charge in [-0.05, 0) is 29.2 Å². The van der Waals surface area contributed by atoms with Gasteiger partial charge in [0.05, 0.1) is 5.56 Å². The number of ketones is 1. The lowest BCUT2D eigenvalue weighted by Gasteiger charge is -2.09. The van der Waals surface area contributed by atoms with E-state index in [4.69, 9.17) is 0 Å². The third-order valence-corrected chi connectivity index (χ3v) is 3.54. The fourth-order valence-electron chi connectivity index (χ4n) is 2.19. The van der Waals surface area contributed by atoms with Crippen molar-refractivity contribution in [3.8, 4) is 0 Å². The van der Waals surface area contributed by atoms with Gasteiger partial charge in [0, 0.05) is 5.56 Å². The summed E-state index contributed by atoms with van der Waals surface area (Å²) in [4.78, 5) is 12.1. The SMILES string of the molecule is CC(C)c1ccc(C(=O)/C=C/c2ccccc2C(F)(F)F)cc1. The first-order valence-corrected chi connectivity index (χ1v) is 7.27. The molecule has 0 unspecified atom stereocenters. The van der Waals surface area contributed by atoms with Crippen molar-refractivity contribution in [2.75, 3.05) is 0 Å². The van der Waals surface area contributed by atoms with E-state index in [1.165, 1.54) is 30.4 Å². The number of halogens is 3. The Morgan fingerprint density at radius 3 is 2.17 bits per heavy atom. The molecule has 2 aromatic carbocycles. The van der Waals surface area contributed by atoms with E-state index in [1.54, 1.807) is 12.1 Å². The van der Waals surface area contributed by atoms with E-state index in [9.17, 15) is 18.0 Å². The molecule has 0 aliphatic rings. The van der Waals surface area contributed by atoms with Crippen LogP contribution in [0, 0.1) is 0 Å². The lowest BCUT2D eigenvalue weighted by Crippen LogP contribution is -2.07. The normalized spacial score (nSPS) is 12.1. The molecule has 0 saturated carbocycles. The molecule has 2 aromatic rings. The summed E-state index contributed by atoms with van der Waals surface area (Å²) >= 11 is 0. The number of benzene rings is 2. The van der Waals surface area contributed by atoms with Gasteiger partial charge in [-0.25, -0.2) is 0 Å². The van der Waals surface area contributed by atoms with E-state index >= 15 is 0 Å². The predicted molar refractivity (Wildman–Crippen MR) is 85.3 cm³/mol. The Hall–Kier alpha value is -2.36. The van der Waals surface area contributed by atoms with Gasteiger partial charge in [-0.3, -0.25) is 4.79 Å². The average Bonchev–Trinajstić information content (AvgIpc) is 2.52. The van der Waals surface area contributed by atoms with Crippen LogP contribution in [0.25, 0.3) is 6.08 Å². The van der Waals surface area contributed by atoms with Crippen molar-refractivity contribution in [2.24, 2.45) is 0 Å². The van der Waals surface area contributed by atoms with E-state index in [0.29, 0.717) is 11.5 Å². The van der Waals surface area contributed by atoms with Crippen molar-refractivity contribution in [2.45, 2.75) is 25.9 Å². The molecule has 0 amide bonds. The van der Waals surface area contributed by atoms with E-state index in [1.807, 2.05) is 26.0 Å². The summed E-state index contributed by atoms with van der Waals surface area (Å²) in [5.41, 5.74) is 0.787. The maximum Gasteiger partial charge on any atom is 0.416 e. The Morgan fingerprint density at radius 2 is 1.61 bits per heavy atom. The second-order valence-corrected chi connectivity index (χ2v) is 5.56. The molecule has 0 saturated heterocycles. The molecule has 0 aromatic heterocycles. The number of carbonyl (C=O) groups is 1. The molecule has 120 valence electrons. The van der Waals surface area contributed by atoms with Gasteiger partial charge in [0.25, 0.3) is 0 Å². The standard InChI is InChI=1S/C19H17F3O/c1-13(2)14-7-9-16(10-8-14)18(23)12-11-15-5-3-4-6-17(15)19(20,21)22/h3-13H,1-2H3/b12-11+. The zero-order chi connectivity index (χ0) is 17.0. The summed E-state index contributed by atoms with van der Waals surface area (Å²) < 4.78 is 38.7. The molecule has 0 heterocycles. The first-order valence-electron chi connectivity index (χ1n) is 7.27. The number of rotatable bonds is 4. The average molecular weight is 318 g/mol. The van der Waals surface area contributed by atoms with Gasteiger partial charge in [0.1, 0.15) is 0 Å². The van der Waals surface area contributed by atoms with Crippen LogP contribution >= 0.6 is 0 Å². The molecule has 4 heteroatoms. The molecule has 0 atom stereocenters. The highest BCUT2D eigenvalue weighted by molar-refractivity contribution is 6.06. The fourth-order valence-corrected chi connectivity index (χ4v) is 2.19. The molecular weight excluding hydrogens is 301 g/mol. The quantitative estimate of drug-likeness (QED) is 0.520. The number of hydrogen-bond donors (Lipinski definition) is 0. The maximum absolute atomic E-state index is 12.9. The Balaban J connectivity index is 2.22. The molecule has 0 N–H and O–H groups in total. The van der Waals surface area contributed by atoms with Crippen LogP contribution in [0.15, 0.2) is 54.6 Å². The minimum absolute atomic E-state index is 0.0212. The third-order valence-electron chi connectivity index (χ3n) is 3.54. The molecule has 0 aliphatic carbocycles. The van der Waals surface area contributed by atoms with Crippen LogP contribution in [0.2, 0.25) is 0 Å². The van der Waals surface area contributed by atoms with Gasteiger partial charge >= 0.3 is 6.18 Å². The second kappa shape index (κ2) is 6.82. The van der Waals surface area contributed by atoms with E-state index in [2.05, 4.69) is 0 Å². The van der Waals surface area contributed by atoms with E-state index in [-0.39, 0.29) is 11.3 Å². The smallest absolute Gasteiger partial charge is 0.289 e. The molecule has 0 fully saturated rings. The van der Waals surface area contributed by atoms with Crippen LogP contribution in [0.1, 0.15) is 46.8 Å². The maximum atomic E-state index is 12.9. The van der Waals surface area contributed by atoms with E-state index in [0.717, 1.165) is 11.6 Å². The van der Waals surface area contributed by atoms with Gasteiger partial charge in [0.15, 0.2) is 5.78 Å². The second-order valence-electron chi connectivity index (χ2n) is 5.56. The molecule has 23 heavy (non-hydrogen) atoms. The molecule has 0 spiro atoms. The number of alkyl halides is 3. The minimum Gasteiger partial charge on any atom is -0.289 e. The summed E-state index contributed by atoms with van der Waals surface area (Å²) in [6, 6.07) is 12.3. The van der Waals surface area contributed by atoms with Crippen LogP contribution in [-0.4, -0.2) is 5.78 Å². The van der Waals surface area contributed by atoms with Crippen molar-refractivity contribution in [1.29, 1.82) is 0 Å². The first kappa shape index (κ1) is 17.0. The Bertz CT molecular complexity index is 710. The summed E-state index contributed by atoms with van der Waals surface area (Å²) in [7, 11) is 0. The lowest BCUT2D eigenvalue weighted by atomic mass is 10.00. The predicted octanol–water partition coefficient (Wildman–Crippen LogP) is 5.72. The molecule has 1 nitrogen and oxygen atoms in total. The van der Waals surface area contributed by atoms with Crippen molar-refractivity contribution < 1.29 is 18.0 Å². The first-order chi connectivity index (χ1) is 10.8. The number of hydrogen-bond acceptors (Lipinski definition) is 1. The van der Waals surface area contributed by atoms with Crippen LogP contribution in [0.5, 0.6) is 0 Å². The number of carbonyl (C=O) groups excluding carboxylic acids is 1. The fraction of sp³-hybridized carbons (Fsp3) is 0.211. The van der Waals surface area contributed by atoms with Crippen LogP contribution in [-0.2, 0) is 6.18 Å². The van der Waals surface area contributed by atoms with E-state index < -0.39 is 11.7 Å². The van der Waals surface area contributed by atoms with Crippen molar-refractivity contribution in [3.63, 3.8) is 0 Å².